The van der Waals surface area contributed by atoms with E-state index in [9.17, 15) is 5.11 Å². The number of hydrogen-bond donors (Lipinski definition) is 1. The first-order valence-corrected chi connectivity index (χ1v) is 7.16. The molecule has 4 nitrogen and oxygen atoms in total. The van der Waals surface area contributed by atoms with E-state index in [0.717, 1.165) is 45.0 Å². The number of aliphatic hydroxyl groups excluding tert-OH is 1. The number of nitrogens with zero attached hydrogens (tertiary/aromatic N) is 3. The van der Waals surface area contributed by atoms with Crippen LogP contribution in [0.1, 0.15) is 20.3 Å². The van der Waals surface area contributed by atoms with Crippen molar-refractivity contribution >= 4 is 5.82 Å². The highest BCUT2D eigenvalue weighted by molar-refractivity contribution is 5.38. The Morgan fingerprint density at radius 1 is 1.26 bits per heavy atom. The molecule has 106 valence electrons. The van der Waals surface area contributed by atoms with Crippen molar-refractivity contribution in [2.45, 2.75) is 20.3 Å². The van der Waals surface area contributed by atoms with Gasteiger partial charge < -0.3 is 10.0 Å². The number of pyridine rings is 1. The van der Waals surface area contributed by atoms with Gasteiger partial charge in [-0.15, -0.1) is 0 Å². The summed E-state index contributed by atoms with van der Waals surface area (Å²) in [5.74, 6) is 1.07. The summed E-state index contributed by atoms with van der Waals surface area (Å²) in [6.07, 6.45) is 2.87. The fourth-order valence-electron chi connectivity index (χ4n) is 2.49. The molecule has 19 heavy (non-hydrogen) atoms. The average molecular weight is 263 g/mol. The van der Waals surface area contributed by atoms with E-state index in [0.29, 0.717) is 0 Å². The van der Waals surface area contributed by atoms with Crippen LogP contribution >= 0.6 is 0 Å². The summed E-state index contributed by atoms with van der Waals surface area (Å²) in [5, 5.41) is 9.50. The third-order valence-corrected chi connectivity index (χ3v) is 4.19. The standard InChI is InChI=1S/C15H25N3O/c1-3-15(2,13-19)12-17-8-10-18(11-9-17)14-6-4-5-7-16-14/h4-7,19H,3,8-13H2,1-2H3. The summed E-state index contributed by atoms with van der Waals surface area (Å²) in [4.78, 5) is 9.19. The Hall–Kier alpha value is -1.13. The van der Waals surface area contributed by atoms with Crippen molar-refractivity contribution in [3.63, 3.8) is 0 Å². The molecule has 1 fully saturated rings. The van der Waals surface area contributed by atoms with Crippen LogP contribution in [0.5, 0.6) is 0 Å². The molecule has 0 bridgehead atoms. The second-order valence-electron chi connectivity index (χ2n) is 5.77. The Morgan fingerprint density at radius 3 is 2.53 bits per heavy atom. The van der Waals surface area contributed by atoms with E-state index in [1.54, 1.807) is 0 Å². The predicted octanol–water partition coefficient (Wildman–Crippen LogP) is 1.61. The topological polar surface area (TPSA) is 39.6 Å². The molecule has 1 aliphatic heterocycles. The fraction of sp³-hybridized carbons (Fsp3) is 0.667. The molecule has 0 saturated carbocycles. The molecule has 0 amide bonds. The quantitative estimate of drug-likeness (QED) is 0.876. The van der Waals surface area contributed by atoms with Crippen molar-refractivity contribution in [3.05, 3.63) is 24.4 Å². The molecule has 4 heteroatoms. The second kappa shape index (κ2) is 6.35. The Labute approximate surface area is 116 Å². The number of anilines is 1. The van der Waals surface area contributed by atoms with E-state index in [1.165, 1.54) is 0 Å². The van der Waals surface area contributed by atoms with Gasteiger partial charge in [0.05, 0.1) is 0 Å². The van der Waals surface area contributed by atoms with Crippen molar-refractivity contribution in [1.29, 1.82) is 0 Å². The van der Waals surface area contributed by atoms with Crippen molar-refractivity contribution in [2.75, 3.05) is 44.2 Å². The van der Waals surface area contributed by atoms with Gasteiger partial charge in [-0.05, 0) is 18.6 Å². The summed E-state index contributed by atoms with van der Waals surface area (Å²) in [6.45, 7) is 9.70. The van der Waals surface area contributed by atoms with Gasteiger partial charge in [0.25, 0.3) is 0 Å². The largest absolute Gasteiger partial charge is 0.396 e. The minimum absolute atomic E-state index is 0.0349. The normalized spacial score (nSPS) is 20.3. The first-order chi connectivity index (χ1) is 9.17. The molecule has 0 aromatic carbocycles. The van der Waals surface area contributed by atoms with Gasteiger partial charge in [-0.3, -0.25) is 4.90 Å². The summed E-state index contributed by atoms with van der Waals surface area (Å²) >= 11 is 0. The number of aliphatic hydroxyl groups is 1. The maximum absolute atomic E-state index is 9.50. The lowest BCUT2D eigenvalue weighted by Gasteiger charge is -2.39. The first-order valence-electron chi connectivity index (χ1n) is 7.16. The monoisotopic (exact) mass is 263 g/mol. The minimum atomic E-state index is 0.0349. The Bertz CT molecular complexity index is 370. The van der Waals surface area contributed by atoms with Crippen LogP contribution in [0.3, 0.4) is 0 Å². The average Bonchev–Trinajstić information content (AvgIpc) is 2.49. The third-order valence-electron chi connectivity index (χ3n) is 4.19. The van der Waals surface area contributed by atoms with E-state index in [1.807, 2.05) is 18.3 Å². The van der Waals surface area contributed by atoms with Crippen LogP contribution in [-0.4, -0.2) is 54.3 Å². The molecule has 1 unspecified atom stereocenters. The zero-order chi connectivity index (χ0) is 13.7. The molecule has 2 heterocycles. The molecular formula is C15H25N3O. The zero-order valence-corrected chi connectivity index (χ0v) is 12.0. The SMILES string of the molecule is CCC(C)(CO)CN1CCN(c2ccccn2)CC1. The molecule has 1 aliphatic rings. The molecule has 1 aromatic heterocycles. The van der Waals surface area contributed by atoms with Gasteiger partial charge in [-0.2, -0.15) is 0 Å². The smallest absolute Gasteiger partial charge is 0.128 e. The van der Waals surface area contributed by atoms with Gasteiger partial charge in [0.15, 0.2) is 0 Å². The van der Waals surface area contributed by atoms with Crippen molar-refractivity contribution in [3.8, 4) is 0 Å². The Morgan fingerprint density at radius 2 is 2.00 bits per heavy atom. The van der Waals surface area contributed by atoms with Gasteiger partial charge in [0, 0.05) is 50.9 Å². The van der Waals surface area contributed by atoms with E-state index < -0.39 is 0 Å². The highest BCUT2D eigenvalue weighted by Gasteiger charge is 2.27. The first kappa shape index (κ1) is 14.3. The maximum Gasteiger partial charge on any atom is 0.128 e. The Kier molecular flexibility index (Phi) is 4.77. The highest BCUT2D eigenvalue weighted by Crippen LogP contribution is 2.23. The third kappa shape index (κ3) is 3.67. The molecule has 2 rings (SSSR count). The lowest BCUT2D eigenvalue weighted by atomic mass is 9.88. The van der Waals surface area contributed by atoms with Crippen molar-refractivity contribution in [2.24, 2.45) is 5.41 Å². The second-order valence-corrected chi connectivity index (χ2v) is 5.77. The van der Waals surface area contributed by atoms with Crippen LogP contribution in [0.25, 0.3) is 0 Å². The molecular weight excluding hydrogens is 238 g/mol. The van der Waals surface area contributed by atoms with Gasteiger partial charge in [0.2, 0.25) is 0 Å². The molecule has 0 radical (unpaired) electrons. The van der Waals surface area contributed by atoms with Gasteiger partial charge in [0.1, 0.15) is 5.82 Å². The van der Waals surface area contributed by atoms with E-state index in [-0.39, 0.29) is 12.0 Å². The minimum Gasteiger partial charge on any atom is -0.396 e. The summed E-state index contributed by atoms with van der Waals surface area (Å²) in [6, 6.07) is 6.06. The summed E-state index contributed by atoms with van der Waals surface area (Å²) in [7, 11) is 0. The van der Waals surface area contributed by atoms with Gasteiger partial charge in [-0.1, -0.05) is 19.9 Å². The van der Waals surface area contributed by atoms with Crippen LogP contribution in [-0.2, 0) is 0 Å². The van der Waals surface area contributed by atoms with Crippen LogP contribution in [0.4, 0.5) is 5.82 Å². The van der Waals surface area contributed by atoms with Crippen molar-refractivity contribution in [1.82, 2.24) is 9.88 Å². The highest BCUT2D eigenvalue weighted by atomic mass is 16.3. The van der Waals surface area contributed by atoms with E-state index >= 15 is 0 Å². The maximum atomic E-state index is 9.50. The molecule has 1 saturated heterocycles. The number of rotatable bonds is 5. The molecule has 0 spiro atoms. The van der Waals surface area contributed by atoms with Gasteiger partial charge in [-0.25, -0.2) is 4.98 Å². The van der Waals surface area contributed by atoms with E-state index in [4.69, 9.17) is 0 Å². The number of hydrogen-bond acceptors (Lipinski definition) is 4. The van der Waals surface area contributed by atoms with Crippen LogP contribution < -0.4 is 4.90 Å². The Balaban J connectivity index is 1.86. The van der Waals surface area contributed by atoms with Crippen LogP contribution in [0.2, 0.25) is 0 Å². The molecule has 1 N–H and O–H groups in total. The number of piperazine rings is 1. The van der Waals surface area contributed by atoms with Crippen LogP contribution in [0.15, 0.2) is 24.4 Å². The fourth-order valence-corrected chi connectivity index (χ4v) is 2.49. The lowest BCUT2D eigenvalue weighted by Crippen LogP contribution is -2.50. The van der Waals surface area contributed by atoms with E-state index in [2.05, 4.69) is 34.7 Å². The molecule has 0 aliphatic carbocycles. The predicted molar refractivity (Wildman–Crippen MR) is 78.4 cm³/mol. The van der Waals surface area contributed by atoms with Crippen molar-refractivity contribution < 1.29 is 5.11 Å². The molecule has 1 atom stereocenters. The summed E-state index contributed by atoms with van der Waals surface area (Å²) < 4.78 is 0. The summed E-state index contributed by atoms with van der Waals surface area (Å²) in [5.41, 5.74) is 0.0349. The zero-order valence-electron chi connectivity index (χ0n) is 12.0. The lowest BCUT2D eigenvalue weighted by molar-refractivity contribution is 0.0818. The van der Waals surface area contributed by atoms with Crippen LogP contribution in [0, 0.1) is 5.41 Å². The number of aromatic nitrogens is 1. The van der Waals surface area contributed by atoms with Gasteiger partial charge >= 0.3 is 0 Å². The molecule has 1 aromatic rings.